The number of fused-ring (bicyclic) bond motifs is 2. The smallest absolute Gasteiger partial charge is 0.270 e. The van der Waals surface area contributed by atoms with Crippen molar-refractivity contribution < 1.29 is 9.53 Å². The molecule has 0 radical (unpaired) electrons. The lowest BCUT2D eigenvalue weighted by Gasteiger charge is -2.16. The van der Waals surface area contributed by atoms with E-state index in [1.54, 1.807) is 6.20 Å². The molecule has 0 aliphatic carbocycles. The average Bonchev–Trinajstić information content (AvgIpc) is 3.06. The number of amides is 1. The SMILES string of the molecule is CC(C)n1nc(CCNC(=O)c2nccc3ccccc23)c2c1CCOC2. The summed E-state index contributed by atoms with van der Waals surface area (Å²) in [6, 6.07) is 10.0. The lowest BCUT2D eigenvalue weighted by atomic mass is 10.1. The third-order valence-electron chi connectivity index (χ3n) is 4.96. The van der Waals surface area contributed by atoms with Crippen molar-refractivity contribution in [1.82, 2.24) is 20.1 Å². The first-order chi connectivity index (χ1) is 13.1. The number of ether oxygens (including phenoxy) is 1. The molecule has 0 spiro atoms. The molecule has 27 heavy (non-hydrogen) atoms. The van der Waals surface area contributed by atoms with E-state index < -0.39 is 0 Å². The fraction of sp³-hybridized carbons (Fsp3) is 0.381. The first-order valence-electron chi connectivity index (χ1n) is 9.44. The molecule has 6 heteroatoms. The van der Waals surface area contributed by atoms with Crippen LogP contribution in [-0.4, -0.2) is 33.8 Å². The Bertz CT molecular complexity index is 972. The van der Waals surface area contributed by atoms with Crippen LogP contribution >= 0.6 is 0 Å². The summed E-state index contributed by atoms with van der Waals surface area (Å²) >= 11 is 0. The number of pyridine rings is 1. The van der Waals surface area contributed by atoms with Crippen molar-refractivity contribution in [2.24, 2.45) is 0 Å². The van der Waals surface area contributed by atoms with Crippen molar-refractivity contribution in [2.75, 3.05) is 13.2 Å². The number of nitrogens with one attached hydrogen (secondary N) is 1. The van der Waals surface area contributed by atoms with Gasteiger partial charge in [0.25, 0.3) is 5.91 Å². The van der Waals surface area contributed by atoms with Crippen molar-refractivity contribution >= 4 is 16.7 Å². The van der Waals surface area contributed by atoms with Crippen LogP contribution in [0.1, 0.15) is 47.3 Å². The number of aromatic nitrogens is 3. The van der Waals surface area contributed by atoms with Crippen molar-refractivity contribution in [2.45, 2.75) is 39.3 Å². The molecule has 1 aliphatic heterocycles. The Balaban J connectivity index is 1.48. The standard InChI is InChI=1S/C21H24N4O2/c1-14(2)25-19-9-12-27-13-17(19)18(24-25)8-11-23-21(26)20-16-6-4-3-5-15(16)7-10-22-20/h3-7,10,14H,8-9,11-13H2,1-2H3,(H,23,26). The topological polar surface area (TPSA) is 69.0 Å². The second kappa shape index (κ2) is 7.48. The van der Waals surface area contributed by atoms with E-state index in [0.717, 1.165) is 29.5 Å². The molecule has 3 heterocycles. The molecule has 2 aromatic heterocycles. The molecular weight excluding hydrogens is 340 g/mol. The van der Waals surface area contributed by atoms with Crippen LogP contribution in [0.4, 0.5) is 0 Å². The number of nitrogens with zero attached hydrogens (tertiary/aromatic N) is 3. The first kappa shape index (κ1) is 17.7. The monoisotopic (exact) mass is 364 g/mol. The fourth-order valence-corrected chi connectivity index (χ4v) is 3.64. The van der Waals surface area contributed by atoms with E-state index in [0.29, 0.717) is 31.3 Å². The van der Waals surface area contributed by atoms with Gasteiger partial charge in [0.2, 0.25) is 0 Å². The van der Waals surface area contributed by atoms with Gasteiger partial charge < -0.3 is 10.1 Å². The van der Waals surface area contributed by atoms with Crippen molar-refractivity contribution in [3.8, 4) is 0 Å². The van der Waals surface area contributed by atoms with Crippen LogP contribution in [0.25, 0.3) is 10.8 Å². The highest BCUT2D eigenvalue weighted by Gasteiger charge is 2.22. The second-order valence-corrected chi connectivity index (χ2v) is 7.10. The molecule has 140 valence electrons. The van der Waals surface area contributed by atoms with Gasteiger partial charge in [-0.2, -0.15) is 5.10 Å². The van der Waals surface area contributed by atoms with Gasteiger partial charge in [-0.05, 0) is 25.3 Å². The Morgan fingerprint density at radius 3 is 3.00 bits per heavy atom. The molecule has 1 amide bonds. The first-order valence-corrected chi connectivity index (χ1v) is 9.44. The van der Waals surface area contributed by atoms with Gasteiger partial charge >= 0.3 is 0 Å². The average molecular weight is 364 g/mol. The number of carbonyl (C=O) groups is 1. The lowest BCUT2D eigenvalue weighted by molar-refractivity contribution is 0.0950. The number of hydrogen-bond donors (Lipinski definition) is 1. The lowest BCUT2D eigenvalue weighted by Crippen LogP contribution is -2.27. The van der Waals surface area contributed by atoms with E-state index in [4.69, 9.17) is 9.84 Å². The van der Waals surface area contributed by atoms with Crippen LogP contribution in [0, 0.1) is 0 Å². The van der Waals surface area contributed by atoms with Crippen LogP contribution in [-0.2, 0) is 24.2 Å². The maximum absolute atomic E-state index is 12.6. The van der Waals surface area contributed by atoms with Gasteiger partial charge in [0.15, 0.2) is 0 Å². The van der Waals surface area contributed by atoms with E-state index in [1.807, 2.05) is 30.3 Å². The van der Waals surface area contributed by atoms with Gasteiger partial charge in [-0.1, -0.05) is 24.3 Å². The van der Waals surface area contributed by atoms with E-state index in [2.05, 4.69) is 28.8 Å². The number of carbonyl (C=O) groups excluding carboxylic acids is 1. The molecule has 1 aromatic carbocycles. The summed E-state index contributed by atoms with van der Waals surface area (Å²) in [5.41, 5.74) is 3.94. The van der Waals surface area contributed by atoms with Crippen molar-refractivity contribution in [3.05, 3.63) is 59.2 Å². The molecule has 0 bridgehead atoms. The Hall–Kier alpha value is -2.73. The molecule has 1 aliphatic rings. The van der Waals surface area contributed by atoms with E-state index in [-0.39, 0.29) is 5.91 Å². The highest BCUT2D eigenvalue weighted by atomic mass is 16.5. The zero-order valence-electron chi connectivity index (χ0n) is 15.7. The normalized spacial score (nSPS) is 13.7. The summed E-state index contributed by atoms with van der Waals surface area (Å²) < 4.78 is 7.72. The molecule has 4 rings (SSSR count). The van der Waals surface area contributed by atoms with E-state index >= 15 is 0 Å². The second-order valence-electron chi connectivity index (χ2n) is 7.10. The highest BCUT2D eigenvalue weighted by molar-refractivity contribution is 6.05. The van der Waals surface area contributed by atoms with Crippen LogP contribution in [0.2, 0.25) is 0 Å². The zero-order valence-corrected chi connectivity index (χ0v) is 15.7. The van der Waals surface area contributed by atoms with Crippen LogP contribution in [0.5, 0.6) is 0 Å². The maximum Gasteiger partial charge on any atom is 0.270 e. The summed E-state index contributed by atoms with van der Waals surface area (Å²) in [5, 5.41) is 9.66. The third kappa shape index (κ3) is 3.45. The molecule has 0 saturated heterocycles. The largest absolute Gasteiger partial charge is 0.376 e. The van der Waals surface area contributed by atoms with Gasteiger partial charge in [0.05, 0.1) is 18.9 Å². The molecule has 0 saturated carbocycles. The minimum Gasteiger partial charge on any atom is -0.376 e. The quantitative estimate of drug-likeness (QED) is 0.755. The molecule has 0 fully saturated rings. The molecular formula is C21H24N4O2. The summed E-state index contributed by atoms with van der Waals surface area (Å²) in [6.07, 6.45) is 3.25. The van der Waals surface area contributed by atoms with Crippen molar-refractivity contribution in [3.63, 3.8) is 0 Å². The maximum atomic E-state index is 12.6. The number of benzene rings is 1. The Labute approximate surface area is 158 Å². The summed E-state index contributed by atoms with van der Waals surface area (Å²) in [6.45, 7) is 6.15. The van der Waals surface area contributed by atoms with Gasteiger partial charge in [-0.25, -0.2) is 0 Å². The van der Waals surface area contributed by atoms with Crippen LogP contribution in [0.3, 0.4) is 0 Å². The molecule has 0 unspecified atom stereocenters. The molecule has 1 N–H and O–H groups in total. The summed E-state index contributed by atoms with van der Waals surface area (Å²) in [7, 11) is 0. The Morgan fingerprint density at radius 2 is 2.15 bits per heavy atom. The van der Waals surface area contributed by atoms with E-state index in [9.17, 15) is 4.79 Å². The van der Waals surface area contributed by atoms with Crippen molar-refractivity contribution in [1.29, 1.82) is 0 Å². The minimum absolute atomic E-state index is 0.153. The summed E-state index contributed by atoms with van der Waals surface area (Å²) in [5.74, 6) is -0.153. The summed E-state index contributed by atoms with van der Waals surface area (Å²) in [4.78, 5) is 16.9. The highest BCUT2D eigenvalue weighted by Crippen LogP contribution is 2.24. The van der Waals surface area contributed by atoms with Gasteiger partial charge in [-0.3, -0.25) is 14.5 Å². The Morgan fingerprint density at radius 1 is 1.30 bits per heavy atom. The van der Waals surface area contributed by atoms with Gasteiger partial charge in [-0.15, -0.1) is 0 Å². The predicted molar refractivity (Wildman–Crippen MR) is 104 cm³/mol. The molecule has 6 nitrogen and oxygen atoms in total. The van der Waals surface area contributed by atoms with E-state index in [1.165, 1.54) is 11.3 Å². The van der Waals surface area contributed by atoms with Gasteiger partial charge in [0.1, 0.15) is 5.69 Å². The Kier molecular flexibility index (Phi) is 4.90. The molecule has 3 aromatic rings. The number of hydrogen-bond acceptors (Lipinski definition) is 4. The predicted octanol–water partition coefficient (Wildman–Crippen LogP) is 3.06. The van der Waals surface area contributed by atoms with Gasteiger partial charge in [0, 0.05) is 48.3 Å². The number of rotatable bonds is 5. The third-order valence-corrected chi connectivity index (χ3v) is 4.96. The molecule has 0 atom stereocenters. The fourth-order valence-electron chi connectivity index (χ4n) is 3.64. The van der Waals surface area contributed by atoms with Crippen LogP contribution < -0.4 is 5.32 Å². The van der Waals surface area contributed by atoms with Crippen LogP contribution in [0.15, 0.2) is 36.5 Å². The zero-order chi connectivity index (χ0) is 18.8. The minimum atomic E-state index is -0.153.